The highest BCUT2D eigenvalue weighted by Crippen LogP contribution is 2.20. The fourth-order valence-corrected chi connectivity index (χ4v) is 2.15. The SMILES string of the molecule is CCNC(c1ccsc1)c1ncccn1. The van der Waals surface area contributed by atoms with E-state index in [-0.39, 0.29) is 6.04 Å². The molecule has 15 heavy (non-hydrogen) atoms. The minimum atomic E-state index is 0.113. The zero-order valence-electron chi connectivity index (χ0n) is 8.55. The molecule has 0 amide bonds. The second-order valence-corrected chi connectivity index (χ2v) is 3.93. The molecule has 2 aromatic rings. The van der Waals surface area contributed by atoms with Gasteiger partial charge in [-0.15, -0.1) is 0 Å². The number of hydrogen-bond acceptors (Lipinski definition) is 4. The van der Waals surface area contributed by atoms with E-state index in [9.17, 15) is 0 Å². The average Bonchev–Trinajstić information content (AvgIpc) is 2.80. The summed E-state index contributed by atoms with van der Waals surface area (Å²) in [7, 11) is 0. The molecule has 0 aliphatic rings. The van der Waals surface area contributed by atoms with Gasteiger partial charge in [-0.25, -0.2) is 9.97 Å². The van der Waals surface area contributed by atoms with Gasteiger partial charge in [0.25, 0.3) is 0 Å². The van der Waals surface area contributed by atoms with Crippen LogP contribution in [0.15, 0.2) is 35.3 Å². The number of nitrogens with one attached hydrogen (secondary N) is 1. The molecule has 0 aliphatic heterocycles. The molecule has 0 saturated heterocycles. The van der Waals surface area contributed by atoms with Gasteiger partial charge < -0.3 is 5.32 Å². The Morgan fingerprint density at radius 1 is 1.40 bits per heavy atom. The molecule has 78 valence electrons. The molecule has 1 unspecified atom stereocenters. The first-order chi connectivity index (χ1) is 7.42. The van der Waals surface area contributed by atoms with E-state index in [2.05, 4.69) is 39.0 Å². The average molecular weight is 219 g/mol. The van der Waals surface area contributed by atoms with Crippen LogP contribution in [0.25, 0.3) is 0 Å². The fraction of sp³-hybridized carbons (Fsp3) is 0.273. The summed E-state index contributed by atoms with van der Waals surface area (Å²) in [6.45, 7) is 2.99. The molecule has 1 atom stereocenters. The van der Waals surface area contributed by atoms with Gasteiger partial charge in [-0.2, -0.15) is 11.3 Å². The van der Waals surface area contributed by atoms with Crippen molar-refractivity contribution < 1.29 is 0 Å². The molecule has 2 rings (SSSR count). The highest BCUT2D eigenvalue weighted by molar-refractivity contribution is 7.08. The summed E-state index contributed by atoms with van der Waals surface area (Å²) in [6.07, 6.45) is 3.55. The molecule has 2 aromatic heterocycles. The zero-order chi connectivity index (χ0) is 10.5. The van der Waals surface area contributed by atoms with Crippen LogP contribution >= 0.6 is 11.3 Å². The maximum Gasteiger partial charge on any atom is 0.149 e. The van der Waals surface area contributed by atoms with Gasteiger partial charge in [0.1, 0.15) is 5.82 Å². The van der Waals surface area contributed by atoms with Gasteiger partial charge in [0.05, 0.1) is 6.04 Å². The molecular weight excluding hydrogens is 206 g/mol. The van der Waals surface area contributed by atoms with Crippen LogP contribution in [0.5, 0.6) is 0 Å². The molecule has 1 N–H and O–H groups in total. The van der Waals surface area contributed by atoms with E-state index in [4.69, 9.17) is 0 Å². The minimum absolute atomic E-state index is 0.113. The first-order valence-corrected chi connectivity index (χ1v) is 5.88. The molecule has 0 radical (unpaired) electrons. The summed E-state index contributed by atoms with van der Waals surface area (Å²) >= 11 is 1.69. The molecule has 0 spiro atoms. The van der Waals surface area contributed by atoms with E-state index >= 15 is 0 Å². The van der Waals surface area contributed by atoms with Crippen molar-refractivity contribution in [2.24, 2.45) is 0 Å². The highest BCUT2D eigenvalue weighted by Gasteiger charge is 2.15. The maximum absolute atomic E-state index is 4.28. The maximum atomic E-state index is 4.28. The normalized spacial score (nSPS) is 12.6. The smallest absolute Gasteiger partial charge is 0.149 e. The Bertz CT molecular complexity index is 385. The van der Waals surface area contributed by atoms with Crippen LogP contribution in [-0.4, -0.2) is 16.5 Å². The lowest BCUT2D eigenvalue weighted by Crippen LogP contribution is -2.23. The first kappa shape index (κ1) is 10.3. The van der Waals surface area contributed by atoms with Crippen molar-refractivity contribution in [2.75, 3.05) is 6.54 Å². The second-order valence-electron chi connectivity index (χ2n) is 3.15. The Kier molecular flexibility index (Phi) is 3.42. The highest BCUT2D eigenvalue weighted by atomic mass is 32.1. The third-order valence-electron chi connectivity index (χ3n) is 2.13. The van der Waals surface area contributed by atoms with Crippen LogP contribution in [0.2, 0.25) is 0 Å². The Hall–Kier alpha value is -1.26. The van der Waals surface area contributed by atoms with Gasteiger partial charge in [-0.05, 0) is 35.0 Å². The first-order valence-electron chi connectivity index (χ1n) is 4.94. The van der Waals surface area contributed by atoms with E-state index in [1.54, 1.807) is 23.7 Å². The quantitative estimate of drug-likeness (QED) is 0.857. The lowest BCUT2D eigenvalue weighted by molar-refractivity contribution is 0.599. The summed E-state index contributed by atoms with van der Waals surface area (Å²) in [5.74, 6) is 0.831. The second kappa shape index (κ2) is 5.00. The predicted molar refractivity (Wildman–Crippen MR) is 61.9 cm³/mol. The van der Waals surface area contributed by atoms with Gasteiger partial charge in [-0.1, -0.05) is 6.92 Å². The topological polar surface area (TPSA) is 37.8 Å². The van der Waals surface area contributed by atoms with Crippen LogP contribution < -0.4 is 5.32 Å². The molecule has 0 fully saturated rings. The van der Waals surface area contributed by atoms with Crippen molar-refractivity contribution in [3.63, 3.8) is 0 Å². The molecular formula is C11H13N3S. The summed E-state index contributed by atoms with van der Waals surface area (Å²) < 4.78 is 0. The summed E-state index contributed by atoms with van der Waals surface area (Å²) in [6, 6.07) is 4.05. The van der Waals surface area contributed by atoms with Crippen LogP contribution in [0.4, 0.5) is 0 Å². The Morgan fingerprint density at radius 3 is 2.80 bits per heavy atom. The van der Waals surface area contributed by atoms with Gasteiger partial charge in [0, 0.05) is 12.4 Å². The van der Waals surface area contributed by atoms with Gasteiger partial charge in [-0.3, -0.25) is 0 Å². The van der Waals surface area contributed by atoms with Crippen molar-refractivity contribution in [3.05, 3.63) is 46.7 Å². The van der Waals surface area contributed by atoms with Gasteiger partial charge >= 0.3 is 0 Å². The number of nitrogens with zero attached hydrogens (tertiary/aromatic N) is 2. The number of rotatable bonds is 4. The van der Waals surface area contributed by atoms with Crippen molar-refractivity contribution >= 4 is 11.3 Å². The van der Waals surface area contributed by atoms with Crippen LogP contribution in [0, 0.1) is 0 Å². The van der Waals surface area contributed by atoms with Crippen molar-refractivity contribution in [1.29, 1.82) is 0 Å². The van der Waals surface area contributed by atoms with Gasteiger partial charge in [0.2, 0.25) is 0 Å². The summed E-state index contributed by atoms with van der Waals surface area (Å²) in [5, 5.41) is 7.58. The van der Waals surface area contributed by atoms with Crippen LogP contribution in [-0.2, 0) is 0 Å². The van der Waals surface area contributed by atoms with Crippen LogP contribution in [0.1, 0.15) is 24.4 Å². The third-order valence-corrected chi connectivity index (χ3v) is 2.83. The number of aromatic nitrogens is 2. The predicted octanol–water partition coefficient (Wildman–Crippen LogP) is 2.24. The van der Waals surface area contributed by atoms with Crippen molar-refractivity contribution in [1.82, 2.24) is 15.3 Å². The Balaban J connectivity index is 2.28. The standard InChI is InChI=1S/C11H13N3S/c1-2-12-10(9-4-7-15-8-9)11-13-5-3-6-14-11/h3-8,10,12H,2H2,1H3. The molecule has 4 heteroatoms. The minimum Gasteiger partial charge on any atom is -0.304 e. The number of thiophene rings is 1. The van der Waals surface area contributed by atoms with E-state index in [1.807, 2.05) is 6.07 Å². The molecule has 0 aromatic carbocycles. The summed E-state index contributed by atoms with van der Waals surface area (Å²) in [5.41, 5.74) is 1.23. The van der Waals surface area contributed by atoms with E-state index < -0.39 is 0 Å². The molecule has 2 heterocycles. The van der Waals surface area contributed by atoms with Crippen molar-refractivity contribution in [2.45, 2.75) is 13.0 Å². The fourth-order valence-electron chi connectivity index (χ4n) is 1.46. The Labute approximate surface area is 93.2 Å². The zero-order valence-corrected chi connectivity index (χ0v) is 9.37. The van der Waals surface area contributed by atoms with E-state index in [1.165, 1.54) is 5.56 Å². The van der Waals surface area contributed by atoms with Crippen molar-refractivity contribution in [3.8, 4) is 0 Å². The molecule has 0 bridgehead atoms. The molecule has 3 nitrogen and oxygen atoms in total. The van der Waals surface area contributed by atoms with Crippen LogP contribution in [0.3, 0.4) is 0 Å². The lowest BCUT2D eigenvalue weighted by Gasteiger charge is -2.14. The molecule has 0 aliphatic carbocycles. The number of hydrogen-bond donors (Lipinski definition) is 1. The summed E-state index contributed by atoms with van der Waals surface area (Å²) in [4.78, 5) is 8.57. The van der Waals surface area contributed by atoms with E-state index in [0.29, 0.717) is 0 Å². The molecule has 0 saturated carbocycles. The monoisotopic (exact) mass is 219 g/mol. The Morgan fingerprint density at radius 2 is 2.20 bits per heavy atom. The lowest BCUT2D eigenvalue weighted by atomic mass is 10.1. The third kappa shape index (κ3) is 2.40. The largest absolute Gasteiger partial charge is 0.304 e. The van der Waals surface area contributed by atoms with E-state index in [0.717, 1.165) is 12.4 Å². The van der Waals surface area contributed by atoms with Gasteiger partial charge in [0.15, 0.2) is 0 Å².